The summed E-state index contributed by atoms with van der Waals surface area (Å²) >= 11 is 0. The number of nitrogens with zero attached hydrogens (tertiary/aromatic N) is 1. The first kappa shape index (κ1) is 9.82. The fourth-order valence-electron chi connectivity index (χ4n) is 4.07. The smallest absolute Gasteiger partial charge is 0.179 e. The van der Waals surface area contributed by atoms with E-state index in [0.29, 0.717) is 0 Å². The Morgan fingerprint density at radius 2 is 2.00 bits per heavy atom. The van der Waals surface area contributed by atoms with Crippen LogP contribution in [0.2, 0.25) is 0 Å². The van der Waals surface area contributed by atoms with Gasteiger partial charge in [-0.1, -0.05) is 12.2 Å². The Morgan fingerprint density at radius 1 is 1.33 bits per heavy atom. The van der Waals surface area contributed by atoms with Crippen molar-refractivity contribution >= 4 is 0 Å². The third-order valence-corrected chi connectivity index (χ3v) is 4.83. The van der Waals surface area contributed by atoms with Crippen LogP contribution < -0.4 is 0 Å². The first-order valence-corrected chi connectivity index (χ1v) is 5.78. The molecule has 0 radical (unpaired) electrons. The van der Waals surface area contributed by atoms with Crippen molar-refractivity contribution < 1.29 is 10.2 Å². The van der Waals surface area contributed by atoms with Crippen molar-refractivity contribution in [3.8, 4) is 0 Å². The standard InChI is InChI=1S/C12H19NO2/c1-9-7-12(10(2,14)15)11(3-4-11)5-6-13(12)8-9/h14-15H,1,3-8H2,2H3. The third kappa shape index (κ3) is 0.967. The van der Waals surface area contributed by atoms with Crippen LogP contribution in [0.4, 0.5) is 0 Å². The highest BCUT2D eigenvalue weighted by molar-refractivity contribution is 5.31. The molecule has 2 heterocycles. The molecule has 0 aromatic heterocycles. The molecule has 0 amide bonds. The monoisotopic (exact) mass is 209 g/mol. The molecule has 1 unspecified atom stereocenters. The average Bonchev–Trinajstić information content (AvgIpc) is 2.71. The number of hydrogen-bond acceptors (Lipinski definition) is 3. The van der Waals surface area contributed by atoms with E-state index in [4.69, 9.17) is 0 Å². The van der Waals surface area contributed by atoms with Crippen LogP contribution in [0.3, 0.4) is 0 Å². The fraction of sp³-hybridized carbons (Fsp3) is 0.833. The Balaban J connectivity index is 2.10. The van der Waals surface area contributed by atoms with Gasteiger partial charge in [-0.3, -0.25) is 4.90 Å². The lowest BCUT2D eigenvalue weighted by atomic mass is 9.73. The highest BCUT2D eigenvalue weighted by atomic mass is 16.5. The zero-order valence-electron chi connectivity index (χ0n) is 9.29. The first-order valence-electron chi connectivity index (χ1n) is 5.78. The van der Waals surface area contributed by atoms with Gasteiger partial charge in [0.2, 0.25) is 0 Å². The molecule has 3 aliphatic rings. The van der Waals surface area contributed by atoms with Gasteiger partial charge in [-0.05, 0) is 44.6 Å². The maximum atomic E-state index is 10.1. The molecule has 15 heavy (non-hydrogen) atoms. The molecule has 3 rings (SSSR count). The summed E-state index contributed by atoms with van der Waals surface area (Å²) in [5.74, 6) is -1.60. The Hall–Kier alpha value is -0.380. The van der Waals surface area contributed by atoms with E-state index in [-0.39, 0.29) is 5.41 Å². The first-order chi connectivity index (χ1) is 6.91. The number of fused-ring (bicyclic) bond motifs is 2. The molecule has 3 nitrogen and oxygen atoms in total. The fourth-order valence-corrected chi connectivity index (χ4v) is 4.07. The summed E-state index contributed by atoms with van der Waals surface area (Å²) in [6, 6.07) is 0. The average molecular weight is 209 g/mol. The van der Waals surface area contributed by atoms with Crippen molar-refractivity contribution in [3.63, 3.8) is 0 Å². The second kappa shape index (κ2) is 2.47. The van der Waals surface area contributed by atoms with Crippen LogP contribution >= 0.6 is 0 Å². The van der Waals surface area contributed by atoms with E-state index in [1.165, 1.54) is 0 Å². The van der Waals surface area contributed by atoms with Gasteiger partial charge in [-0.2, -0.15) is 0 Å². The summed E-state index contributed by atoms with van der Waals surface area (Å²) in [7, 11) is 0. The topological polar surface area (TPSA) is 43.7 Å². The molecule has 1 spiro atoms. The van der Waals surface area contributed by atoms with Gasteiger partial charge in [0.15, 0.2) is 5.79 Å². The van der Waals surface area contributed by atoms with Crippen LogP contribution in [0, 0.1) is 5.41 Å². The minimum absolute atomic E-state index is 0.171. The van der Waals surface area contributed by atoms with E-state index < -0.39 is 11.3 Å². The van der Waals surface area contributed by atoms with E-state index >= 15 is 0 Å². The van der Waals surface area contributed by atoms with Crippen molar-refractivity contribution in [2.24, 2.45) is 5.41 Å². The van der Waals surface area contributed by atoms with Gasteiger partial charge in [0, 0.05) is 6.54 Å². The molecule has 0 aromatic carbocycles. The Morgan fingerprint density at radius 3 is 2.53 bits per heavy atom. The minimum Gasteiger partial charge on any atom is -0.364 e. The maximum Gasteiger partial charge on any atom is 0.179 e. The van der Waals surface area contributed by atoms with Crippen LogP contribution in [0.25, 0.3) is 0 Å². The van der Waals surface area contributed by atoms with Crippen LogP contribution in [-0.2, 0) is 0 Å². The lowest BCUT2D eigenvalue weighted by Crippen LogP contribution is -2.61. The number of aliphatic hydroxyl groups is 2. The highest BCUT2D eigenvalue weighted by Gasteiger charge is 2.73. The molecule has 1 atom stereocenters. The maximum absolute atomic E-state index is 10.1. The van der Waals surface area contributed by atoms with Crippen molar-refractivity contribution in [1.82, 2.24) is 4.90 Å². The van der Waals surface area contributed by atoms with Crippen LogP contribution in [-0.4, -0.2) is 39.5 Å². The molecule has 1 saturated carbocycles. The van der Waals surface area contributed by atoms with E-state index in [2.05, 4.69) is 11.5 Å². The summed E-state index contributed by atoms with van der Waals surface area (Å²) in [5.41, 5.74) is 0.886. The summed E-state index contributed by atoms with van der Waals surface area (Å²) < 4.78 is 0. The largest absolute Gasteiger partial charge is 0.364 e. The molecule has 3 heteroatoms. The molecular weight excluding hydrogens is 190 g/mol. The van der Waals surface area contributed by atoms with Crippen molar-refractivity contribution in [2.75, 3.05) is 13.1 Å². The molecule has 2 saturated heterocycles. The minimum atomic E-state index is -1.60. The van der Waals surface area contributed by atoms with Gasteiger partial charge in [0.25, 0.3) is 0 Å². The van der Waals surface area contributed by atoms with Gasteiger partial charge in [0.05, 0.1) is 5.54 Å². The van der Waals surface area contributed by atoms with Gasteiger partial charge in [-0.15, -0.1) is 0 Å². The molecule has 3 fully saturated rings. The quantitative estimate of drug-likeness (QED) is 0.497. The molecular formula is C12H19NO2. The molecule has 2 aliphatic heterocycles. The summed E-state index contributed by atoms with van der Waals surface area (Å²) in [5, 5.41) is 20.3. The SMILES string of the molecule is C=C1CN2CCC3(CC3)C2(C(C)(O)O)C1. The van der Waals surface area contributed by atoms with Gasteiger partial charge < -0.3 is 10.2 Å². The number of rotatable bonds is 1. The third-order valence-electron chi connectivity index (χ3n) is 4.83. The summed E-state index contributed by atoms with van der Waals surface area (Å²) in [6.45, 7) is 7.41. The summed E-state index contributed by atoms with van der Waals surface area (Å²) in [4.78, 5) is 2.25. The second-order valence-corrected chi connectivity index (χ2v) is 5.76. The molecule has 2 N–H and O–H groups in total. The normalized spacial score (nSPS) is 38.7. The zero-order chi connectivity index (χ0) is 10.9. The van der Waals surface area contributed by atoms with Crippen molar-refractivity contribution in [2.45, 2.75) is 43.9 Å². The van der Waals surface area contributed by atoms with E-state index in [1.807, 2.05) is 0 Å². The Labute approximate surface area is 90.4 Å². The predicted molar refractivity (Wildman–Crippen MR) is 57.2 cm³/mol. The Kier molecular flexibility index (Phi) is 1.62. The lowest BCUT2D eigenvalue weighted by Gasteiger charge is -2.45. The van der Waals surface area contributed by atoms with Gasteiger partial charge >= 0.3 is 0 Å². The summed E-state index contributed by atoms with van der Waals surface area (Å²) in [6.07, 6.45) is 4.18. The lowest BCUT2D eigenvalue weighted by molar-refractivity contribution is -0.236. The van der Waals surface area contributed by atoms with E-state index in [1.54, 1.807) is 6.92 Å². The molecule has 0 bridgehead atoms. The van der Waals surface area contributed by atoms with Crippen molar-refractivity contribution in [3.05, 3.63) is 12.2 Å². The van der Waals surface area contributed by atoms with Gasteiger partial charge in [-0.25, -0.2) is 0 Å². The van der Waals surface area contributed by atoms with Crippen LogP contribution in [0.5, 0.6) is 0 Å². The Bertz CT molecular complexity index is 327. The van der Waals surface area contributed by atoms with Crippen LogP contribution in [0.15, 0.2) is 12.2 Å². The van der Waals surface area contributed by atoms with E-state index in [9.17, 15) is 10.2 Å². The van der Waals surface area contributed by atoms with Crippen molar-refractivity contribution in [1.29, 1.82) is 0 Å². The second-order valence-electron chi connectivity index (χ2n) is 5.76. The molecule has 1 aliphatic carbocycles. The number of hydrogen-bond donors (Lipinski definition) is 2. The predicted octanol–water partition coefficient (Wildman–Crippen LogP) is 0.872. The van der Waals surface area contributed by atoms with Crippen LogP contribution in [0.1, 0.15) is 32.6 Å². The molecule has 0 aromatic rings. The van der Waals surface area contributed by atoms with E-state index in [0.717, 1.165) is 44.3 Å². The molecule has 84 valence electrons. The highest BCUT2D eigenvalue weighted by Crippen LogP contribution is 2.68. The van der Waals surface area contributed by atoms with Gasteiger partial charge in [0.1, 0.15) is 0 Å². The zero-order valence-corrected chi connectivity index (χ0v) is 9.29.